The lowest BCUT2D eigenvalue weighted by Gasteiger charge is -2.22. The molecule has 0 spiro atoms. The summed E-state index contributed by atoms with van der Waals surface area (Å²) in [6, 6.07) is 58.2. The Hall–Kier alpha value is -14.2. The summed E-state index contributed by atoms with van der Waals surface area (Å²) in [5.74, 6) is 5.46. The molecule has 5 aromatic carbocycles. The summed E-state index contributed by atoms with van der Waals surface area (Å²) in [7, 11) is 1.66. The molecule has 0 radical (unpaired) electrons. The van der Waals surface area contributed by atoms with Gasteiger partial charge in [-0.25, -0.2) is 15.0 Å². The predicted molar refractivity (Wildman–Crippen MR) is 470 cm³/mol. The lowest BCUT2D eigenvalue weighted by molar-refractivity contribution is -0.120. The molecule has 4 aliphatic heterocycles. The van der Waals surface area contributed by atoms with Gasteiger partial charge in [0.1, 0.15) is 66.4 Å². The monoisotopic (exact) mass is 1650 g/mol. The summed E-state index contributed by atoms with van der Waals surface area (Å²) in [6.07, 6.45) is 20.4. The molecule has 4 atom stereocenters. The number of amides is 3. The number of nitrogens with two attached hydrogens (primary N) is 2. The Morgan fingerprint density at radius 2 is 0.829 bits per heavy atom. The summed E-state index contributed by atoms with van der Waals surface area (Å²) in [4.78, 5) is 75.0. The number of hydrogen-bond donors (Lipinski definition) is 4. The van der Waals surface area contributed by atoms with Gasteiger partial charge in [-0.1, -0.05) is 18.7 Å². The number of nitrogens with zero attached hydrogens (tertiary/aromatic N) is 9. The van der Waals surface area contributed by atoms with Gasteiger partial charge in [-0.15, -0.1) is 0 Å². The molecule has 6 N–H and O–H groups in total. The third-order valence-corrected chi connectivity index (χ3v) is 21.6. The number of carbonyl (C=O) groups is 3. The first kappa shape index (κ1) is 83.8. The van der Waals surface area contributed by atoms with Crippen LogP contribution in [0.4, 0.5) is 0 Å². The van der Waals surface area contributed by atoms with Crippen molar-refractivity contribution in [3.63, 3.8) is 0 Å². The van der Waals surface area contributed by atoms with Gasteiger partial charge in [-0.3, -0.25) is 44.3 Å². The highest BCUT2D eigenvalue weighted by Gasteiger charge is 2.31. The van der Waals surface area contributed by atoms with E-state index < -0.39 is 5.91 Å². The summed E-state index contributed by atoms with van der Waals surface area (Å²) in [5.41, 5.74) is 25.3. The lowest BCUT2D eigenvalue weighted by Crippen LogP contribution is -2.26. The van der Waals surface area contributed by atoms with E-state index in [-0.39, 0.29) is 61.3 Å². The molecule has 0 saturated carbocycles. The maximum Gasteiger partial charge on any atom is 0.250 e. The fourth-order valence-corrected chi connectivity index (χ4v) is 14.9. The van der Waals surface area contributed by atoms with Gasteiger partial charge in [0.2, 0.25) is 29.5 Å². The standard InChI is InChI=1S/C26H24N4O4.C25H27N3O4.C24H21N3O2.C22H23N3O3/c27-26(31)21-4-2-10-29-23(21)16-33-24-14-18(13-22-20(24)3-1-9-28-22)17-5-6-25(30-15-17)34-19-7-11-32-12-8-19;1-16(19-13-24(29)27-15-19)31-23-12-18(11-22-21(23)3-2-8-26-22)17-4-5-25(28-14-17)32-20-6-9-30-10-7-20;1-16(25)20-8-4-11-27-23(20)15-29-24-14-18(13-22-21(24)9-5-10-26-22)17-6-3-7-19(12-17)28-2;1-3-27-22-7-6-15(12-25-22)16-9-19-18(5-4-8-23-19)20(10-16)28-14(2)17-11-21(26)24-13-17/h1-6,9-10,13-15,19H,7-8,11-12,16H2,(H2,27,31);2-5,8,11-12,14,16,19-20H,6-7,9-10,13,15H2,1H3,(H,27,29);3-14H,1,15,25H2,2H3;4-10,12,14,17H,3,11,13H2,1-2H3,(H,24,26)/t;16-,19-;;14-,17-/m.1.1/s1. The Balaban J connectivity index is 0.000000128. The Morgan fingerprint density at radius 3 is 1.22 bits per heavy atom. The van der Waals surface area contributed by atoms with Gasteiger partial charge in [0.05, 0.1) is 79.2 Å². The zero-order chi connectivity index (χ0) is 85.0. The van der Waals surface area contributed by atoms with Crippen molar-refractivity contribution >= 4 is 67.0 Å². The van der Waals surface area contributed by atoms with Crippen LogP contribution in [0.2, 0.25) is 0 Å². The van der Waals surface area contributed by atoms with E-state index in [0.29, 0.717) is 72.9 Å². The summed E-state index contributed by atoms with van der Waals surface area (Å²) < 4.78 is 58.5. The number of nitrogens with one attached hydrogen (secondary N) is 2. The van der Waals surface area contributed by atoms with Crippen molar-refractivity contribution in [2.24, 2.45) is 23.3 Å². The molecule has 4 aliphatic rings. The zero-order valence-corrected chi connectivity index (χ0v) is 68.8. The van der Waals surface area contributed by atoms with E-state index in [2.05, 4.69) is 62.1 Å². The van der Waals surface area contributed by atoms with Crippen LogP contribution in [0.1, 0.15) is 86.6 Å². The Morgan fingerprint density at radius 1 is 0.439 bits per heavy atom. The van der Waals surface area contributed by atoms with Crippen molar-refractivity contribution in [1.82, 2.24) is 55.5 Å². The van der Waals surface area contributed by atoms with Crippen LogP contribution < -0.4 is 60.0 Å². The van der Waals surface area contributed by atoms with E-state index in [1.54, 1.807) is 68.8 Å². The number of aromatic nitrogens is 9. The quantitative estimate of drug-likeness (QED) is 0.0413. The van der Waals surface area contributed by atoms with Crippen LogP contribution in [0.3, 0.4) is 0 Å². The molecule has 18 rings (SSSR count). The highest BCUT2D eigenvalue weighted by Crippen LogP contribution is 2.39. The van der Waals surface area contributed by atoms with Crippen LogP contribution in [0.5, 0.6) is 46.4 Å². The first-order valence-electron chi connectivity index (χ1n) is 41.1. The summed E-state index contributed by atoms with van der Waals surface area (Å²) in [6.45, 7) is 14.9. The van der Waals surface area contributed by atoms with Gasteiger partial charge in [0.25, 0.3) is 5.91 Å². The molecule has 4 fully saturated rings. The second-order valence-corrected chi connectivity index (χ2v) is 30.0. The maximum atomic E-state index is 11.7. The minimum Gasteiger partial charge on any atom is -0.497 e. The Kier molecular flexibility index (Phi) is 27.4. The number of carbonyl (C=O) groups excluding carboxylic acids is 3. The number of hydrogen-bond acceptors (Lipinski definition) is 23. The molecule has 26 nitrogen and oxygen atoms in total. The molecule has 9 aromatic heterocycles. The van der Waals surface area contributed by atoms with Crippen molar-refractivity contribution in [1.29, 1.82) is 0 Å². The fraction of sp³-hybridized carbons (Fsp3) is 0.258. The molecule has 13 heterocycles. The maximum absolute atomic E-state index is 11.7. The van der Waals surface area contributed by atoms with Crippen molar-refractivity contribution in [3.05, 3.63) is 267 Å². The average Bonchev–Trinajstić information content (AvgIpc) is 1.80. The van der Waals surface area contributed by atoms with Gasteiger partial charge < -0.3 is 69.5 Å². The number of ether oxygens (including phenoxy) is 10. The van der Waals surface area contributed by atoms with E-state index in [0.717, 1.165) is 174 Å². The fourth-order valence-electron chi connectivity index (χ4n) is 14.9. The molecular formula is C97H95N13O13. The van der Waals surface area contributed by atoms with E-state index in [1.807, 2.05) is 197 Å². The smallest absolute Gasteiger partial charge is 0.250 e. The van der Waals surface area contributed by atoms with E-state index in [1.165, 1.54) is 0 Å². The highest BCUT2D eigenvalue weighted by atomic mass is 16.5. The molecule has 26 heteroatoms. The molecule has 0 aliphatic carbocycles. The SMILES string of the molecule is C=C(N)c1cccnc1COc1cc(-c2cccc(OC)c2)cc2ncccc12.CCOc1ccc(-c2cc(O[C@H](C)[C@H]3CNC(=O)C3)c3cccnc3c2)cn1.C[C@@H](Oc1cc(-c2ccc(OC3CCOCC3)nc2)cc2ncccc12)[C@H]1CNC(=O)C1.NC(=O)c1cccnc1COc1cc(-c2ccc(OC3CCOCC3)nc2)cc2ncccc12. The normalized spacial score (nSPS) is 15.6. The van der Waals surface area contributed by atoms with Crippen LogP contribution in [0.25, 0.3) is 93.8 Å². The van der Waals surface area contributed by atoms with E-state index in [4.69, 9.17) is 58.8 Å². The minimum atomic E-state index is -0.541. The summed E-state index contributed by atoms with van der Waals surface area (Å²) in [5, 5.41) is 9.46. The molecule has 123 heavy (non-hydrogen) atoms. The molecular weight excluding hydrogens is 1560 g/mol. The molecule has 3 amide bonds. The second kappa shape index (κ2) is 40.2. The largest absolute Gasteiger partial charge is 0.497 e. The number of rotatable bonds is 25. The third kappa shape index (κ3) is 21.5. The van der Waals surface area contributed by atoms with E-state index >= 15 is 0 Å². The van der Waals surface area contributed by atoms with Crippen LogP contribution in [0.15, 0.2) is 244 Å². The van der Waals surface area contributed by atoms with Crippen molar-refractivity contribution < 1.29 is 61.8 Å². The molecule has 14 aromatic rings. The minimum absolute atomic E-state index is 0.0832. The average molecular weight is 1650 g/mol. The second-order valence-electron chi connectivity index (χ2n) is 30.0. The van der Waals surface area contributed by atoms with Gasteiger partial charge in [0.15, 0.2) is 0 Å². The molecule has 626 valence electrons. The van der Waals surface area contributed by atoms with Crippen LogP contribution in [0, 0.1) is 11.8 Å². The number of pyridine rings is 9. The number of primary amides is 1. The van der Waals surface area contributed by atoms with Gasteiger partial charge >= 0.3 is 0 Å². The van der Waals surface area contributed by atoms with E-state index in [9.17, 15) is 14.4 Å². The lowest BCUT2D eigenvalue weighted by atomic mass is 10.0. The topological polar surface area (TPSA) is 336 Å². The summed E-state index contributed by atoms with van der Waals surface area (Å²) >= 11 is 0. The number of benzene rings is 5. The van der Waals surface area contributed by atoms with Crippen LogP contribution in [-0.4, -0.2) is 140 Å². The predicted octanol–water partition coefficient (Wildman–Crippen LogP) is 16.1. The molecule has 0 unspecified atom stereocenters. The van der Waals surface area contributed by atoms with Crippen molar-refractivity contribution in [3.8, 4) is 90.9 Å². The zero-order valence-electron chi connectivity index (χ0n) is 68.8. The molecule has 0 bridgehead atoms. The van der Waals surface area contributed by atoms with Crippen LogP contribution >= 0.6 is 0 Å². The Labute approximate surface area is 711 Å². The van der Waals surface area contributed by atoms with Crippen molar-refractivity contribution in [2.45, 2.75) is 96.9 Å². The van der Waals surface area contributed by atoms with Gasteiger partial charge in [-0.2, -0.15) is 0 Å². The van der Waals surface area contributed by atoms with Gasteiger partial charge in [0, 0.05) is 187 Å². The third-order valence-electron chi connectivity index (χ3n) is 21.6. The number of fused-ring (bicyclic) bond motifs is 4. The number of methoxy groups -OCH3 is 1. The first-order chi connectivity index (χ1) is 60.1. The first-order valence-corrected chi connectivity index (χ1v) is 41.1. The van der Waals surface area contributed by atoms with Crippen LogP contribution in [-0.2, 0) is 32.3 Å². The van der Waals surface area contributed by atoms with Gasteiger partial charge in [-0.05, 0) is 200 Å². The van der Waals surface area contributed by atoms with Crippen molar-refractivity contribution in [2.75, 3.05) is 53.2 Å². The molecule has 4 saturated heterocycles. The highest BCUT2D eigenvalue weighted by molar-refractivity contribution is 5.95. The Bertz CT molecular complexity index is 6040.